The minimum absolute atomic E-state index is 0.271. The van der Waals surface area contributed by atoms with E-state index in [1.54, 1.807) is 24.3 Å². The Bertz CT molecular complexity index is 1090. The molecule has 114 valence electrons. The van der Waals surface area contributed by atoms with Crippen molar-refractivity contribution in [2.75, 3.05) is 11.2 Å². The van der Waals surface area contributed by atoms with E-state index in [0.717, 1.165) is 20.4 Å². The van der Waals surface area contributed by atoms with Gasteiger partial charge in [-0.25, -0.2) is 4.98 Å². The molecule has 0 saturated heterocycles. The lowest BCUT2D eigenvalue weighted by molar-refractivity contribution is 0.930. The number of benzene rings is 2. The lowest BCUT2D eigenvalue weighted by Crippen LogP contribution is -2.29. The van der Waals surface area contributed by atoms with Gasteiger partial charge in [0.2, 0.25) is 5.95 Å². The third-order valence-electron chi connectivity index (χ3n) is 3.53. The maximum atomic E-state index is 12.5. The first-order valence-electron chi connectivity index (χ1n) is 6.85. The number of aromatic nitrogens is 2. The molecule has 0 aliphatic heterocycles. The number of rotatable bonds is 2. The Labute approximate surface area is 139 Å². The molecule has 4 rings (SSSR count). The van der Waals surface area contributed by atoms with Gasteiger partial charge in [0, 0.05) is 20.8 Å². The third kappa shape index (κ3) is 2.32. The van der Waals surface area contributed by atoms with Crippen LogP contribution >= 0.6 is 22.9 Å². The van der Waals surface area contributed by atoms with Gasteiger partial charge in [0.15, 0.2) is 0 Å². The van der Waals surface area contributed by atoms with Crippen LogP contribution in [0, 0.1) is 0 Å². The summed E-state index contributed by atoms with van der Waals surface area (Å²) < 4.78 is 2.60. The molecule has 7 heteroatoms. The summed E-state index contributed by atoms with van der Waals surface area (Å²) in [5, 5.41) is 4.64. The van der Waals surface area contributed by atoms with Crippen LogP contribution in [0.5, 0.6) is 0 Å². The highest BCUT2D eigenvalue weighted by molar-refractivity contribution is 7.25. The predicted octanol–water partition coefficient (Wildman–Crippen LogP) is 3.72. The molecular weight excluding hydrogens is 332 g/mol. The molecule has 5 nitrogen and oxygen atoms in total. The van der Waals surface area contributed by atoms with Crippen LogP contribution in [-0.4, -0.2) is 9.66 Å². The first-order valence-corrected chi connectivity index (χ1v) is 8.05. The van der Waals surface area contributed by atoms with Crippen molar-refractivity contribution in [2.24, 2.45) is 0 Å². The standard InChI is InChI=1S/C16H11ClN4OS/c17-9-5-7-10(8-6-9)19-16-20-13-11-3-1-2-4-12(11)23-14(13)15(22)21(16)18/h1-8H,18H2,(H,19,20). The SMILES string of the molecule is Nn1c(Nc2ccc(Cl)cc2)nc2c(sc3ccccc32)c1=O. The largest absolute Gasteiger partial charge is 0.333 e. The molecular formula is C16H11ClN4OS. The number of hydrogen-bond acceptors (Lipinski definition) is 5. The molecule has 2 aromatic carbocycles. The van der Waals surface area contributed by atoms with E-state index >= 15 is 0 Å². The maximum Gasteiger partial charge on any atom is 0.291 e. The van der Waals surface area contributed by atoms with Crippen molar-refractivity contribution in [3.8, 4) is 0 Å². The Morgan fingerprint density at radius 1 is 1.13 bits per heavy atom. The van der Waals surface area contributed by atoms with Crippen LogP contribution in [0.15, 0.2) is 53.3 Å². The average Bonchev–Trinajstić information content (AvgIpc) is 2.93. The van der Waals surface area contributed by atoms with Gasteiger partial charge in [0.1, 0.15) is 4.70 Å². The number of nitrogens with two attached hydrogens (primary N) is 1. The smallest absolute Gasteiger partial charge is 0.291 e. The number of hydrogen-bond donors (Lipinski definition) is 2. The van der Waals surface area contributed by atoms with E-state index in [0.29, 0.717) is 15.2 Å². The minimum Gasteiger partial charge on any atom is -0.333 e. The highest BCUT2D eigenvalue weighted by Gasteiger charge is 2.14. The Morgan fingerprint density at radius 3 is 2.65 bits per heavy atom. The van der Waals surface area contributed by atoms with Gasteiger partial charge in [-0.3, -0.25) is 4.79 Å². The Balaban J connectivity index is 1.92. The Morgan fingerprint density at radius 2 is 1.87 bits per heavy atom. The quantitative estimate of drug-likeness (QED) is 0.544. The number of nitrogens with zero attached hydrogens (tertiary/aromatic N) is 2. The van der Waals surface area contributed by atoms with E-state index in [9.17, 15) is 4.79 Å². The Hall–Kier alpha value is -2.57. The topological polar surface area (TPSA) is 72.9 Å². The van der Waals surface area contributed by atoms with Gasteiger partial charge in [-0.2, -0.15) is 4.68 Å². The second-order valence-electron chi connectivity index (χ2n) is 5.02. The molecule has 0 bridgehead atoms. The average molecular weight is 343 g/mol. The summed E-state index contributed by atoms with van der Waals surface area (Å²) in [6, 6.07) is 14.9. The van der Waals surface area contributed by atoms with Crippen molar-refractivity contribution in [1.29, 1.82) is 0 Å². The van der Waals surface area contributed by atoms with Gasteiger partial charge < -0.3 is 11.2 Å². The molecule has 0 spiro atoms. The second kappa shape index (κ2) is 5.26. The normalized spacial score (nSPS) is 11.2. The summed E-state index contributed by atoms with van der Waals surface area (Å²) in [4.78, 5) is 17.1. The van der Waals surface area contributed by atoms with Crippen molar-refractivity contribution in [1.82, 2.24) is 9.66 Å². The van der Waals surface area contributed by atoms with Gasteiger partial charge in [-0.1, -0.05) is 29.8 Å². The van der Waals surface area contributed by atoms with Gasteiger partial charge >= 0.3 is 0 Å². The molecule has 0 unspecified atom stereocenters. The van der Waals surface area contributed by atoms with Crippen molar-refractivity contribution in [3.63, 3.8) is 0 Å². The fraction of sp³-hybridized carbons (Fsp3) is 0. The molecule has 0 aliphatic carbocycles. The summed E-state index contributed by atoms with van der Waals surface area (Å²) >= 11 is 7.28. The van der Waals surface area contributed by atoms with Crippen molar-refractivity contribution < 1.29 is 0 Å². The molecule has 2 aromatic heterocycles. The van der Waals surface area contributed by atoms with E-state index < -0.39 is 0 Å². The van der Waals surface area contributed by atoms with Gasteiger partial charge in [0.25, 0.3) is 5.56 Å². The fourth-order valence-corrected chi connectivity index (χ4v) is 3.61. The van der Waals surface area contributed by atoms with E-state index in [1.165, 1.54) is 11.3 Å². The third-order valence-corrected chi connectivity index (χ3v) is 4.93. The first kappa shape index (κ1) is 14.0. The molecule has 0 aliphatic rings. The van der Waals surface area contributed by atoms with Crippen LogP contribution in [0.1, 0.15) is 0 Å². The zero-order valence-corrected chi connectivity index (χ0v) is 13.4. The molecule has 23 heavy (non-hydrogen) atoms. The van der Waals surface area contributed by atoms with Gasteiger partial charge in [-0.15, -0.1) is 11.3 Å². The highest BCUT2D eigenvalue weighted by Crippen LogP contribution is 2.31. The zero-order valence-electron chi connectivity index (χ0n) is 11.8. The molecule has 0 atom stereocenters. The Kier molecular flexibility index (Phi) is 3.21. The fourth-order valence-electron chi connectivity index (χ4n) is 2.40. The molecule has 3 N–H and O–H groups in total. The molecule has 4 aromatic rings. The van der Waals surface area contributed by atoms with Gasteiger partial charge in [0.05, 0.1) is 5.52 Å². The number of halogens is 1. The lowest BCUT2D eigenvalue weighted by Gasteiger charge is -2.09. The lowest BCUT2D eigenvalue weighted by atomic mass is 10.2. The number of nitrogens with one attached hydrogen (secondary N) is 1. The summed E-state index contributed by atoms with van der Waals surface area (Å²) in [5.74, 6) is 6.19. The van der Waals surface area contributed by atoms with Crippen molar-refractivity contribution in [2.45, 2.75) is 0 Å². The van der Waals surface area contributed by atoms with Crippen LogP contribution in [0.3, 0.4) is 0 Å². The van der Waals surface area contributed by atoms with E-state index in [-0.39, 0.29) is 11.5 Å². The summed E-state index contributed by atoms with van der Waals surface area (Å²) in [6.45, 7) is 0. The van der Waals surface area contributed by atoms with Crippen LogP contribution in [-0.2, 0) is 0 Å². The monoisotopic (exact) mass is 342 g/mol. The first-order chi connectivity index (χ1) is 11.1. The second-order valence-corrected chi connectivity index (χ2v) is 6.51. The number of anilines is 2. The molecule has 0 radical (unpaired) electrons. The van der Waals surface area contributed by atoms with Crippen molar-refractivity contribution >= 4 is 54.9 Å². The minimum atomic E-state index is -0.271. The zero-order chi connectivity index (χ0) is 16.0. The molecule has 0 saturated carbocycles. The maximum absolute atomic E-state index is 12.5. The number of fused-ring (bicyclic) bond motifs is 3. The van der Waals surface area contributed by atoms with E-state index in [4.69, 9.17) is 17.4 Å². The van der Waals surface area contributed by atoms with Crippen LogP contribution in [0.2, 0.25) is 5.02 Å². The van der Waals surface area contributed by atoms with Crippen LogP contribution in [0.4, 0.5) is 11.6 Å². The number of thiophene rings is 1. The summed E-state index contributed by atoms with van der Waals surface area (Å²) in [7, 11) is 0. The van der Waals surface area contributed by atoms with Crippen LogP contribution in [0.25, 0.3) is 20.3 Å². The van der Waals surface area contributed by atoms with Crippen molar-refractivity contribution in [3.05, 3.63) is 63.9 Å². The highest BCUT2D eigenvalue weighted by atomic mass is 35.5. The molecule has 0 fully saturated rings. The number of nitrogen functional groups attached to an aromatic ring is 1. The molecule has 0 amide bonds. The summed E-state index contributed by atoms with van der Waals surface area (Å²) in [5.41, 5.74) is 1.14. The predicted molar refractivity (Wildman–Crippen MR) is 96.3 cm³/mol. The van der Waals surface area contributed by atoms with E-state index in [2.05, 4.69) is 10.3 Å². The van der Waals surface area contributed by atoms with E-state index in [1.807, 2.05) is 24.3 Å². The summed E-state index contributed by atoms with van der Waals surface area (Å²) in [6.07, 6.45) is 0. The van der Waals surface area contributed by atoms with Gasteiger partial charge in [-0.05, 0) is 30.3 Å². The van der Waals surface area contributed by atoms with Crippen LogP contribution < -0.4 is 16.7 Å². The molecule has 2 heterocycles.